The fourth-order valence-electron chi connectivity index (χ4n) is 3.46. The van der Waals surface area contributed by atoms with E-state index in [2.05, 4.69) is 65.5 Å². The van der Waals surface area contributed by atoms with E-state index in [4.69, 9.17) is 0 Å². The Hall–Kier alpha value is -2.06. The van der Waals surface area contributed by atoms with Gasteiger partial charge in [-0.3, -0.25) is 0 Å². The van der Waals surface area contributed by atoms with Gasteiger partial charge >= 0.3 is 0 Å². The molecule has 1 aliphatic rings. The first kappa shape index (κ1) is 11.7. The predicted molar refractivity (Wildman–Crippen MR) is 82.9 cm³/mol. The lowest BCUT2D eigenvalue weighted by atomic mass is 9.83. The van der Waals surface area contributed by atoms with Gasteiger partial charge in [0.1, 0.15) is 0 Å². The molecule has 0 radical (unpaired) electrons. The van der Waals surface area contributed by atoms with Crippen LogP contribution in [0, 0.1) is 0 Å². The average molecular weight is 262 g/mol. The summed E-state index contributed by atoms with van der Waals surface area (Å²) < 4.78 is 0. The van der Waals surface area contributed by atoms with E-state index in [0.717, 1.165) is 13.1 Å². The smallest absolute Gasteiger partial charge is 0.0456 e. The van der Waals surface area contributed by atoms with Crippen LogP contribution in [-0.4, -0.2) is 23.5 Å². The summed E-state index contributed by atoms with van der Waals surface area (Å²) >= 11 is 0. The molecule has 1 N–H and O–H groups in total. The molecular formula is C18H18N2. The molecule has 0 fully saturated rings. The van der Waals surface area contributed by atoms with Crippen LogP contribution >= 0.6 is 0 Å². The lowest BCUT2D eigenvalue weighted by Gasteiger charge is -2.33. The third kappa shape index (κ3) is 1.76. The lowest BCUT2D eigenvalue weighted by Crippen LogP contribution is -2.30. The fraction of sp³-hybridized carbons (Fsp3) is 0.222. The number of aromatic nitrogens is 1. The lowest BCUT2D eigenvalue weighted by molar-refractivity contribution is 0.296. The molecule has 0 aliphatic carbocycles. The van der Waals surface area contributed by atoms with Crippen LogP contribution in [0.15, 0.2) is 54.7 Å². The van der Waals surface area contributed by atoms with Gasteiger partial charge in [-0.15, -0.1) is 0 Å². The molecule has 0 spiro atoms. The monoisotopic (exact) mass is 262 g/mol. The van der Waals surface area contributed by atoms with Crippen molar-refractivity contribution in [2.45, 2.75) is 12.5 Å². The molecule has 1 atom stereocenters. The molecule has 20 heavy (non-hydrogen) atoms. The number of aromatic amines is 1. The molecular weight excluding hydrogens is 244 g/mol. The van der Waals surface area contributed by atoms with Crippen molar-refractivity contribution in [2.75, 3.05) is 13.6 Å². The SMILES string of the molecule is CN1Cc2ccccc2C(c2cccc3[nH]ccc23)C1. The molecule has 0 amide bonds. The second-order valence-electron chi connectivity index (χ2n) is 5.73. The Bertz CT molecular complexity index is 757. The molecule has 4 rings (SSSR count). The van der Waals surface area contributed by atoms with Crippen LogP contribution in [0.4, 0.5) is 0 Å². The Kier molecular flexibility index (Phi) is 2.64. The molecule has 2 heterocycles. The minimum absolute atomic E-state index is 0.462. The van der Waals surface area contributed by atoms with Gasteiger partial charge < -0.3 is 9.88 Å². The quantitative estimate of drug-likeness (QED) is 0.707. The molecule has 1 aliphatic heterocycles. The van der Waals surface area contributed by atoms with E-state index in [0.29, 0.717) is 5.92 Å². The van der Waals surface area contributed by atoms with E-state index in [1.165, 1.54) is 27.6 Å². The summed E-state index contributed by atoms with van der Waals surface area (Å²) in [6, 6.07) is 17.6. The highest BCUT2D eigenvalue weighted by atomic mass is 15.1. The molecule has 0 bridgehead atoms. The summed E-state index contributed by atoms with van der Waals surface area (Å²) in [7, 11) is 2.21. The Morgan fingerprint density at radius 1 is 1.00 bits per heavy atom. The summed E-state index contributed by atoms with van der Waals surface area (Å²) in [4.78, 5) is 5.74. The average Bonchev–Trinajstić information content (AvgIpc) is 2.94. The molecule has 2 aromatic carbocycles. The first-order valence-corrected chi connectivity index (χ1v) is 7.15. The zero-order valence-corrected chi connectivity index (χ0v) is 11.6. The number of nitrogens with one attached hydrogen (secondary N) is 1. The van der Waals surface area contributed by atoms with Gasteiger partial charge in [-0.2, -0.15) is 0 Å². The number of likely N-dealkylation sites (N-methyl/N-ethyl adjacent to an activating group) is 1. The Labute approximate surface area is 119 Å². The topological polar surface area (TPSA) is 19.0 Å². The highest BCUT2D eigenvalue weighted by Crippen LogP contribution is 2.36. The largest absolute Gasteiger partial charge is 0.361 e. The highest BCUT2D eigenvalue weighted by Gasteiger charge is 2.25. The second-order valence-corrected chi connectivity index (χ2v) is 5.73. The molecule has 1 unspecified atom stereocenters. The van der Waals surface area contributed by atoms with Crippen molar-refractivity contribution in [2.24, 2.45) is 0 Å². The Balaban J connectivity index is 1.92. The first-order valence-electron chi connectivity index (χ1n) is 7.15. The maximum Gasteiger partial charge on any atom is 0.0456 e. The van der Waals surface area contributed by atoms with Crippen LogP contribution < -0.4 is 0 Å². The van der Waals surface area contributed by atoms with Crippen LogP contribution in [-0.2, 0) is 6.54 Å². The van der Waals surface area contributed by atoms with Crippen molar-refractivity contribution in [3.05, 3.63) is 71.4 Å². The van der Waals surface area contributed by atoms with Crippen LogP contribution in [0.1, 0.15) is 22.6 Å². The molecule has 0 saturated carbocycles. The summed E-state index contributed by atoms with van der Waals surface area (Å²) in [6.07, 6.45) is 2.03. The fourth-order valence-corrected chi connectivity index (χ4v) is 3.46. The van der Waals surface area contributed by atoms with Gasteiger partial charge in [0.2, 0.25) is 0 Å². The maximum absolute atomic E-state index is 3.32. The number of nitrogens with zero attached hydrogens (tertiary/aromatic N) is 1. The van der Waals surface area contributed by atoms with Crippen molar-refractivity contribution in [1.82, 2.24) is 9.88 Å². The summed E-state index contributed by atoms with van der Waals surface area (Å²) in [6.45, 7) is 2.14. The second kappa shape index (κ2) is 4.50. The Morgan fingerprint density at radius 3 is 2.80 bits per heavy atom. The van der Waals surface area contributed by atoms with E-state index in [9.17, 15) is 0 Å². The third-order valence-electron chi connectivity index (χ3n) is 4.37. The van der Waals surface area contributed by atoms with Crippen molar-refractivity contribution >= 4 is 10.9 Å². The van der Waals surface area contributed by atoms with E-state index < -0.39 is 0 Å². The van der Waals surface area contributed by atoms with Crippen LogP contribution in [0.5, 0.6) is 0 Å². The van der Waals surface area contributed by atoms with Crippen molar-refractivity contribution in [1.29, 1.82) is 0 Å². The van der Waals surface area contributed by atoms with E-state index in [1.807, 2.05) is 6.20 Å². The zero-order chi connectivity index (χ0) is 13.5. The predicted octanol–water partition coefficient (Wildman–Crippen LogP) is 3.75. The molecule has 0 saturated heterocycles. The molecule has 100 valence electrons. The first-order chi connectivity index (χ1) is 9.83. The summed E-state index contributed by atoms with van der Waals surface area (Å²) in [5.41, 5.74) is 5.61. The van der Waals surface area contributed by atoms with Crippen molar-refractivity contribution in [3.8, 4) is 0 Å². The normalized spacial score (nSPS) is 19.1. The summed E-state index contributed by atoms with van der Waals surface area (Å²) in [5, 5.41) is 1.35. The number of fused-ring (bicyclic) bond motifs is 2. The standard InChI is InChI=1S/C18H18N2/c1-20-11-13-5-2-3-6-14(13)17(12-20)15-7-4-8-18-16(15)9-10-19-18/h2-10,17,19H,11-12H2,1H3. The number of rotatable bonds is 1. The molecule has 2 heteroatoms. The number of hydrogen-bond acceptors (Lipinski definition) is 1. The van der Waals surface area contributed by atoms with Crippen LogP contribution in [0.25, 0.3) is 10.9 Å². The minimum atomic E-state index is 0.462. The van der Waals surface area contributed by atoms with Gasteiger partial charge in [-0.05, 0) is 35.9 Å². The van der Waals surface area contributed by atoms with Gasteiger partial charge in [0.15, 0.2) is 0 Å². The van der Waals surface area contributed by atoms with Crippen LogP contribution in [0.2, 0.25) is 0 Å². The maximum atomic E-state index is 3.32. The van der Waals surface area contributed by atoms with E-state index in [-0.39, 0.29) is 0 Å². The van der Waals surface area contributed by atoms with E-state index in [1.54, 1.807) is 0 Å². The molecule has 2 nitrogen and oxygen atoms in total. The molecule has 3 aromatic rings. The highest BCUT2D eigenvalue weighted by molar-refractivity contribution is 5.84. The van der Waals surface area contributed by atoms with E-state index >= 15 is 0 Å². The zero-order valence-electron chi connectivity index (χ0n) is 11.6. The minimum Gasteiger partial charge on any atom is -0.361 e. The number of benzene rings is 2. The van der Waals surface area contributed by atoms with Gasteiger partial charge in [-0.1, -0.05) is 36.4 Å². The number of hydrogen-bond donors (Lipinski definition) is 1. The molecule has 1 aromatic heterocycles. The van der Waals surface area contributed by atoms with Crippen LogP contribution in [0.3, 0.4) is 0 Å². The van der Waals surface area contributed by atoms with Gasteiger partial charge in [-0.25, -0.2) is 0 Å². The number of H-pyrrole nitrogens is 1. The van der Waals surface area contributed by atoms with Gasteiger partial charge in [0, 0.05) is 36.1 Å². The van der Waals surface area contributed by atoms with Crippen molar-refractivity contribution in [3.63, 3.8) is 0 Å². The third-order valence-corrected chi connectivity index (χ3v) is 4.37. The van der Waals surface area contributed by atoms with Crippen molar-refractivity contribution < 1.29 is 0 Å². The van der Waals surface area contributed by atoms with Gasteiger partial charge in [0.25, 0.3) is 0 Å². The Morgan fingerprint density at radius 2 is 1.85 bits per heavy atom. The summed E-state index contributed by atoms with van der Waals surface area (Å²) in [5.74, 6) is 0.462. The van der Waals surface area contributed by atoms with Gasteiger partial charge in [0.05, 0.1) is 0 Å².